The average molecular weight is 487 g/mol. The Bertz CT molecular complexity index is 1260. The standard InChI is InChI=1S/C27H26N4O3S/c1-18-13-14-22(19(2)15-18)28-24(32)16-23-26(34)30(17-20-9-5-3-6-10-20)27(35)31(23)29-25(33)21-11-7-4-8-12-21/h3-15,23H,16-17H2,1-2H3,(H,28,32)(H,29,33)/t23-/m1/s1. The van der Waals surface area contributed by atoms with Gasteiger partial charge in [0.05, 0.1) is 13.0 Å². The number of hydrazine groups is 1. The van der Waals surface area contributed by atoms with Gasteiger partial charge >= 0.3 is 0 Å². The fraction of sp³-hybridized carbons (Fsp3) is 0.185. The van der Waals surface area contributed by atoms with Gasteiger partial charge in [0.15, 0.2) is 5.11 Å². The maximum Gasteiger partial charge on any atom is 0.269 e. The van der Waals surface area contributed by atoms with Crippen LogP contribution >= 0.6 is 12.2 Å². The van der Waals surface area contributed by atoms with Crippen molar-refractivity contribution in [2.75, 3.05) is 5.32 Å². The predicted octanol–water partition coefficient (Wildman–Crippen LogP) is 3.97. The molecule has 1 fully saturated rings. The van der Waals surface area contributed by atoms with E-state index in [0.29, 0.717) is 11.3 Å². The van der Waals surface area contributed by atoms with Gasteiger partial charge < -0.3 is 5.32 Å². The molecule has 4 rings (SSSR count). The number of benzene rings is 3. The van der Waals surface area contributed by atoms with E-state index in [1.807, 2.05) is 68.4 Å². The molecule has 2 N–H and O–H groups in total. The second kappa shape index (κ2) is 10.5. The molecule has 0 aliphatic carbocycles. The molecule has 0 aromatic heterocycles. The predicted molar refractivity (Wildman–Crippen MR) is 138 cm³/mol. The van der Waals surface area contributed by atoms with Gasteiger partial charge in [0.1, 0.15) is 6.04 Å². The molecule has 1 atom stereocenters. The zero-order chi connectivity index (χ0) is 24.9. The van der Waals surface area contributed by atoms with Gasteiger partial charge in [0, 0.05) is 11.3 Å². The zero-order valence-electron chi connectivity index (χ0n) is 19.5. The lowest BCUT2D eigenvalue weighted by atomic mass is 10.1. The lowest BCUT2D eigenvalue weighted by Crippen LogP contribution is -2.49. The normalized spacial score (nSPS) is 15.3. The lowest BCUT2D eigenvalue weighted by Gasteiger charge is -2.24. The van der Waals surface area contributed by atoms with E-state index in [0.717, 1.165) is 16.7 Å². The highest BCUT2D eigenvalue weighted by Crippen LogP contribution is 2.23. The van der Waals surface area contributed by atoms with E-state index in [2.05, 4.69) is 10.7 Å². The topological polar surface area (TPSA) is 81.8 Å². The maximum atomic E-state index is 13.4. The van der Waals surface area contributed by atoms with Gasteiger partial charge in [-0.15, -0.1) is 0 Å². The van der Waals surface area contributed by atoms with Crippen molar-refractivity contribution >= 4 is 40.7 Å². The monoisotopic (exact) mass is 486 g/mol. The number of anilines is 1. The van der Waals surface area contributed by atoms with Crippen LogP contribution in [0.5, 0.6) is 0 Å². The molecule has 35 heavy (non-hydrogen) atoms. The molecule has 3 aromatic rings. The summed E-state index contributed by atoms with van der Waals surface area (Å²) in [5.41, 5.74) is 6.73. The minimum Gasteiger partial charge on any atom is -0.326 e. The van der Waals surface area contributed by atoms with Crippen LogP contribution in [0.15, 0.2) is 78.9 Å². The molecule has 1 aliphatic heterocycles. The molecule has 7 nitrogen and oxygen atoms in total. The van der Waals surface area contributed by atoms with Crippen LogP contribution in [0.25, 0.3) is 0 Å². The molecule has 0 bridgehead atoms. The van der Waals surface area contributed by atoms with Crippen molar-refractivity contribution in [1.29, 1.82) is 0 Å². The zero-order valence-corrected chi connectivity index (χ0v) is 20.3. The van der Waals surface area contributed by atoms with E-state index < -0.39 is 11.9 Å². The number of carbonyl (C=O) groups excluding carboxylic acids is 3. The van der Waals surface area contributed by atoms with E-state index >= 15 is 0 Å². The molecule has 3 amide bonds. The fourth-order valence-electron chi connectivity index (χ4n) is 3.96. The third kappa shape index (κ3) is 5.55. The molecule has 0 saturated carbocycles. The Kier molecular flexibility index (Phi) is 7.22. The molecular weight excluding hydrogens is 460 g/mol. The summed E-state index contributed by atoms with van der Waals surface area (Å²) < 4.78 is 0. The van der Waals surface area contributed by atoms with Crippen LogP contribution in [-0.4, -0.2) is 38.8 Å². The highest BCUT2D eigenvalue weighted by molar-refractivity contribution is 7.80. The van der Waals surface area contributed by atoms with Crippen LogP contribution < -0.4 is 10.7 Å². The van der Waals surface area contributed by atoms with E-state index in [9.17, 15) is 14.4 Å². The fourth-order valence-corrected chi connectivity index (χ4v) is 4.29. The highest BCUT2D eigenvalue weighted by Gasteiger charge is 2.44. The largest absolute Gasteiger partial charge is 0.326 e. The number of aryl methyl sites for hydroxylation is 2. The van der Waals surface area contributed by atoms with Crippen LogP contribution in [0.1, 0.15) is 33.5 Å². The summed E-state index contributed by atoms with van der Waals surface area (Å²) in [6.07, 6.45) is -0.174. The minimum atomic E-state index is -0.968. The van der Waals surface area contributed by atoms with Gasteiger partial charge in [0.25, 0.3) is 11.8 Å². The first-order chi connectivity index (χ1) is 16.8. The van der Waals surface area contributed by atoms with Crippen LogP contribution in [0.2, 0.25) is 0 Å². The summed E-state index contributed by atoms with van der Waals surface area (Å²) >= 11 is 5.59. The minimum absolute atomic E-state index is 0.146. The third-order valence-corrected chi connectivity index (χ3v) is 6.19. The Hall–Kier alpha value is -4.04. The van der Waals surface area contributed by atoms with E-state index in [-0.39, 0.29) is 29.9 Å². The van der Waals surface area contributed by atoms with Gasteiger partial charge in [-0.05, 0) is 55.4 Å². The second-order valence-corrected chi connectivity index (χ2v) is 8.82. The third-order valence-electron chi connectivity index (χ3n) is 5.78. The van der Waals surface area contributed by atoms with Gasteiger partial charge in [-0.1, -0.05) is 66.2 Å². The van der Waals surface area contributed by atoms with Gasteiger partial charge in [-0.25, -0.2) is 5.01 Å². The molecule has 1 saturated heterocycles. The second-order valence-electron chi connectivity index (χ2n) is 8.46. The van der Waals surface area contributed by atoms with Crippen LogP contribution in [0, 0.1) is 13.8 Å². The molecule has 1 aliphatic rings. The smallest absolute Gasteiger partial charge is 0.269 e. The van der Waals surface area contributed by atoms with Gasteiger partial charge in [-0.2, -0.15) is 0 Å². The Morgan fingerprint density at radius 2 is 1.60 bits per heavy atom. The van der Waals surface area contributed by atoms with Crippen LogP contribution in [0.3, 0.4) is 0 Å². The van der Waals surface area contributed by atoms with Gasteiger partial charge in [-0.3, -0.25) is 24.7 Å². The highest BCUT2D eigenvalue weighted by atomic mass is 32.1. The molecule has 1 heterocycles. The molecule has 0 radical (unpaired) electrons. The number of amides is 3. The van der Waals surface area contributed by atoms with E-state index in [1.54, 1.807) is 24.3 Å². The van der Waals surface area contributed by atoms with Crippen molar-refractivity contribution in [1.82, 2.24) is 15.3 Å². The molecule has 8 heteroatoms. The van der Waals surface area contributed by atoms with Gasteiger partial charge in [0.2, 0.25) is 5.91 Å². The number of rotatable bonds is 7. The summed E-state index contributed by atoms with van der Waals surface area (Å²) in [7, 11) is 0. The molecular formula is C27H26N4O3S. The summed E-state index contributed by atoms with van der Waals surface area (Å²) in [6, 6.07) is 22.8. The first kappa shape index (κ1) is 24.1. The molecule has 0 spiro atoms. The number of nitrogens with zero attached hydrogens (tertiary/aromatic N) is 2. The van der Waals surface area contributed by atoms with Crippen molar-refractivity contribution < 1.29 is 14.4 Å². The maximum absolute atomic E-state index is 13.4. The summed E-state index contributed by atoms with van der Waals surface area (Å²) in [4.78, 5) is 40.7. The van der Waals surface area contributed by atoms with Crippen molar-refractivity contribution in [2.24, 2.45) is 0 Å². The summed E-state index contributed by atoms with van der Waals surface area (Å²) in [5.74, 6) is -1.11. The summed E-state index contributed by atoms with van der Waals surface area (Å²) in [5, 5.41) is 4.35. The quantitative estimate of drug-likeness (QED) is 0.494. The van der Waals surface area contributed by atoms with Crippen molar-refractivity contribution in [3.05, 3.63) is 101 Å². The lowest BCUT2D eigenvalue weighted by molar-refractivity contribution is -0.131. The molecule has 3 aromatic carbocycles. The average Bonchev–Trinajstić information content (AvgIpc) is 3.06. The van der Waals surface area contributed by atoms with Crippen LogP contribution in [-0.2, 0) is 16.1 Å². The Morgan fingerprint density at radius 1 is 0.943 bits per heavy atom. The van der Waals surface area contributed by atoms with E-state index in [1.165, 1.54) is 9.91 Å². The van der Waals surface area contributed by atoms with Crippen molar-refractivity contribution in [3.63, 3.8) is 0 Å². The van der Waals surface area contributed by atoms with E-state index in [4.69, 9.17) is 12.2 Å². The number of hydrogen-bond acceptors (Lipinski definition) is 4. The van der Waals surface area contributed by atoms with Crippen molar-refractivity contribution in [2.45, 2.75) is 32.9 Å². The number of carbonyl (C=O) groups is 3. The Morgan fingerprint density at radius 3 is 2.26 bits per heavy atom. The van der Waals surface area contributed by atoms with Crippen LogP contribution in [0.4, 0.5) is 5.69 Å². The molecule has 0 unspecified atom stereocenters. The first-order valence-electron chi connectivity index (χ1n) is 11.2. The number of nitrogens with one attached hydrogen (secondary N) is 2. The summed E-state index contributed by atoms with van der Waals surface area (Å²) in [6.45, 7) is 4.13. The Balaban J connectivity index is 1.56. The molecule has 178 valence electrons. The Labute approximate surface area is 209 Å². The number of hydrogen-bond donors (Lipinski definition) is 2. The van der Waals surface area contributed by atoms with Crippen molar-refractivity contribution in [3.8, 4) is 0 Å². The SMILES string of the molecule is Cc1ccc(NC(=O)C[C@@H]2C(=O)N(Cc3ccccc3)C(=S)N2NC(=O)c2ccccc2)c(C)c1. The first-order valence-corrected chi connectivity index (χ1v) is 11.7. The number of thiocarbonyl (C=S) groups is 1.